The minimum Gasteiger partial charge on any atom is -0.319 e. The molecular weight excluding hydrogens is 264 g/mol. The third-order valence-corrected chi connectivity index (χ3v) is 3.06. The molecule has 16 heavy (non-hydrogen) atoms. The summed E-state index contributed by atoms with van der Waals surface area (Å²) in [7, 11) is 0. The first-order valence-electron chi connectivity index (χ1n) is 5.44. The first-order chi connectivity index (χ1) is 7.79. The Balaban J connectivity index is 2.16. The van der Waals surface area contributed by atoms with Crippen molar-refractivity contribution in [1.82, 2.24) is 4.68 Å². The standard InChI is InChI=1S/C13H15BrN2/c1-2-13(15-16-8-3-4-9-16)11-6-5-7-12(14)10-11/h3-10,13,15H,2H2,1H3. The molecule has 0 aliphatic heterocycles. The van der Waals surface area contributed by atoms with Crippen molar-refractivity contribution in [1.29, 1.82) is 0 Å². The second-order valence-electron chi connectivity index (χ2n) is 3.74. The first kappa shape index (κ1) is 11.3. The molecule has 0 spiro atoms. The van der Waals surface area contributed by atoms with Gasteiger partial charge < -0.3 is 5.43 Å². The van der Waals surface area contributed by atoms with E-state index in [9.17, 15) is 0 Å². The smallest absolute Gasteiger partial charge is 0.0671 e. The van der Waals surface area contributed by atoms with E-state index in [1.54, 1.807) is 0 Å². The van der Waals surface area contributed by atoms with Gasteiger partial charge in [-0.3, -0.25) is 4.68 Å². The lowest BCUT2D eigenvalue weighted by atomic mass is 10.1. The maximum atomic E-state index is 3.50. The van der Waals surface area contributed by atoms with Gasteiger partial charge in [-0.25, -0.2) is 0 Å². The molecule has 0 fully saturated rings. The minimum absolute atomic E-state index is 0.338. The molecule has 1 heterocycles. The van der Waals surface area contributed by atoms with Gasteiger partial charge in [0.2, 0.25) is 0 Å². The lowest BCUT2D eigenvalue weighted by molar-refractivity contribution is 0.653. The van der Waals surface area contributed by atoms with Crippen LogP contribution in [-0.4, -0.2) is 4.68 Å². The third-order valence-electron chi connectivity index (χ3n) is 2.57. The quantitative estimate of drug-likeness (QED) is 0.896. The Labute approximate surface area is 104 Å². The van der Waals surface area contributed by atoms with Crippen molar-refractivity contribution in [2.24, 2.45) is 0 Å². The van der Waals surface area contributed by atoms with Gasteiger partial charge in [-0.1, -0.05) is 35.0 Å². The summed E-state index contributed by atoms with van der Waals surface area (Å²) in [4.78, 5) is 0. The SMILES string of the molecule is CCC(Nn1cccc1)c1cccc(Br)c1. The Morgan fingerprint density at radius 2 is 2.00 bits per heavy atom. The lowest BCUT2D eigenvalue weighted by Gasteiger charge is -2.19. The van der Waals surface area contributed by atoms with Crippen molar-refractivity contribution >= 4 is 15.9 Å². The van der Waals surface area contributed by atoms with E-state index in [1.165, 1.54) is 5.56 Å². The predicted molar refractivity (Wildman–Crippen MR) is 71.0 cm³/mol. The van der Waals surface area contributed by atoms with E-state index in [0.717, 1.165) is 10.9 Å². The van der Waals surface area contributed by atoms with Gasteiger partial charge in [0.05, 0.1) is 6.04 Å². The molecule has 1 aromatic carbocycles. The van der Waals surface area contributed by atoms with Gasteiger partial charge in [-0.2, -0.15) is 0 Å². The zero-order chi connectivity index (χ0) is 11.4. The van der Waals surface area contributed by atoms with Gasteiger partial charge >= 0.3 is 0 Å². The molecule has 1 aromatic heterocycles. The Bertz CT molecular complexity index is 437. The second kappa shape index (κ2) is 5.21. The zero-order valence-electron chi connectivity index (χ0n) is 9.23. The molecule has 3 heteroatoms. The van der Waals surface area contributed by atoms with E-state index in [1.807, 2.05) is 35.3 Å². The molecule has 0 aliphatic rings. The largest absolute Gasteiger partial charge is 0.319 e. The van der Waals surface area contributed by atoms with E-state index < -0.39 is 0 Å². The number of aromatic nitrogens is 1. The summed E-state index contributed by atoms with van der Waals surface area (Å²) in [6.07, 6.45) is 5.08. The highest BCUT2D eigenvalue weighted by Crippen LogP contribution is 2.21. The van der Waals surface area contributed by atoms with E-state index in [2.05, 4.69) is 46.5 Å². The van der Waals surface area contributed by atoms with Crippen LogP contribution in [-0.2, 0) is 0 Å². The Morgan fingerprint density at radius 3 is 2.62 bits per heavy atom. The molecular formula is C13H15BrN2. The van der Waals surface area contributed by atoms with Crippen LogP contribution in [0.4, 0.5) is 0 Å². The fourth-order valence-corrected chi connectivity index (χ4v) is 2.14. The van der Waals surface area contributed by atoms with Gasteiger partial charge in [0, 0.05) is 16.9 Å². The minimum atomic E-state index is 0.338. The molecule has 1 atom stereocenters. The van der Waals surface area contributed by atoms with Crippen LogP contribution in [0.25, 0.3) is 0 Å². The highest BCUT2D eigenvalue weighted by Gasteiger charge is 2.08. The number of rotatable bonds is 4. The van der Waals surface area contributed by atoms with Crippen LogP contribution in [0, 0.1) is 0 Å². The van der Waals surface area contributed by atoms with Crippen molar-refractivity contribution in [2.45, 2.75) is 19.4 Å². The summed E-state index contributed by atoms with van der Waals surface area (Å²) in [6, 6.07) is 12.8. The van der Waals surface area contributed by atoms with Crippen LogP contribution >= 0.6 is 15.9 Å². The maximum Gasteiger partial charge on any atom is 0.0671 e. The first-order valence-corrected chi connectivity index (χ1v) is 6.24. The molecule has 2 rings (SSSR count). The predicted octanol–water partition coefficient (Wildman–Crippen LogP) is 3.95. The van der Waals surface area contributed by atoms with Crippen LogP contribution in [0.15, 0.2) is 53.3 Å². The second-order valence-corrected chi connectivity index (χ2v) is 4.65. The summed E-state index contributed by atoms with van der Waals surface area (Å²) in [5, 5.41) is 0. The molecule has 0 saturated carbocycles. The van der Waals surface area contributed by atoms with Crippen molar-refractivity contribution in [3.8, 4) is 0 Å². The Morgan fingerprint density at radius 1 is 1.25 bits per heavy atom. The zero-order valence-corrected chi connectivity index (χ0v) is 10.8. The topological polar surface area (TPSA) is 17.0 Å². The molecule has 0 amide bonds. The third kappa shape index (κ3) is 2.67. The molecule has 0 saturated heterocycles. The van der Waals surface area contributed by atoms with Gasteiger partial charge in [0.1, 0.15) is 0 Å². The van der Waals surface area contributed by atoms with Crippen LogP contribution in [0.5, 0.6) is 0 Å². The Hall–Kier alpha value is -1.22. The van der Waals surface area contributed by atoms with Crippen molar-refractivity contribution in [3.05, 3.63) is 58.8 Å². The van der Waals surface area contributed by atoms with Gasteiger partial charge in [0.25, 0.3) is 0 Å². The van der Waals surface area contributed by atoms with Gasteiger partial charge in [0.15, 0.2) is 0 Å². The van der Waals surface area contributed by atoms with Crippen molar-refractivity contribution in [3.63, 3.8) is 0 Å². The van der Waals surface area contributed by atoms with Crippen molar-refractivity contribution in [2.75, 3.05) is 5.43 Å². The highest BCUT2D eigenvalue weighted by atomic mass is 79.9. The van der Waals surface area contributed by atoms with E-state index in [0.29, 0.717) is 6.04 Å². The van der Waals surface area contributed by atoms with E-state index >= 15 is 0 Å². The summed E-state index contributed by atoms with van der Waals surface area (Å²) in [6.45, 7) is 2.18. The average Bonchev–Trinajstić information content (AvgIpc) is 2.78. The molecule has 84 valence electrons. The number of nitrogens with zero attached hydrogens (tertiary/aromatic N) is 1. The van der Waals surface area contributed by atoms with Crippen LogP contribution in [0.3, 0.4) is 0 Å². The summed E-state index contributed by atoms with van der Waals surface area (Å²) >= 11 is 3.50. The van der Waals surface area contributed by atoms with Gasteiger partial charge in [-0.05, 0) is 36.2 Å². The fraction of sp³-hybridized carbons (Fsp3) is 0.231. The van der Waals surface area contributed by atoms with E-state index in [4.69, 9.17) is 0 Å². The molecule has 1 N–H and O–H groups in total. The van der Waals surface area contributed by atoms with Gasteiger partial charge in [-0.15, -0.1) is 0 Å². The average molecular weight is 279 g/mol. The fourth-order valence-electron chi connectivity index (χ4n) is 1.73. The van der Waals surface area contributed by atoms with Crippen LogP contribution < -0.4 is 5.43 Å². The molecule has 0 radical (unpaired) electrons. The van der Waals surface area contributed by atoms with E-state index in [-0.39, 0.29) is 0 Å². The number of benzene rings is 1. The summed E-state index contributed by atoms with van der Waals surface area (Å²) < 4.78 is 3.12. The Kier molecular flexibility index (Phi) is 3.67. The molecule has 1 unspecified atom stereocenters. The molecule has 2 aromatic rings. The number of halogens is 1. The summed E-state index contributed by atoms with van der Waals surface area (Å²) in [5.41, 5.74) is 4.74. The van der Waals surface area contributed by atoms with Crippen molar-refractivity contribution < 1.29 is 0 Å². The molecule has 2 nitrogen and oxygen atoms in total. The summed E-state index contributed by atoms with van der Waals surface area (Å²) in [5.74, 6) is 0. The number of nitrogens with one attached hydrogen (secondary N) is 1. The molecule has 0 aliphatic carbocycles. The monoisotopic (exact) mass is 278 g/mol. The number of hydrogen-bond donors (Lipinski definition) is 1. The molecule has 0 bridgehead atoms. The normalized spacial score (nSPS) is 12.4. The highest BCUT2D eigenvalue weighted by molar-refractivity contribution is 9.10. The maximum absolute atomic E-state index is 3.50. The lowest BCUT2D eigenvalue weighted by Crippen LogP contribution is -2.18. The van der Waals surface area contributed by atoms with Crippen LogP contribution in [0.1, 0.15) is 24.9 Å². The van der Waals surface area contributed by atoms with Crippen LogP contribution in [0.2, 0.25) is 0 Å². The number of hydrogen-bond acceptors (Lipinski definition) is 1.